The average molecular weight is 454 g/mol. The molecule has 0 bridgehead atoms. The number of amides is 1. The van der Waals surface area contributed by atoms with Gasteiger partial charge in [-0.2, -0.15) is 0 Å². The number of methoxy groups -OCH3 is 2. The van der Waals surface area contributed by atoms with Crippen molar-refractivity contribution in [3.8, 4) is 0 Å². The minimum atomic E-state index is -0.0560. The first-order chi connectivity index (χ1) is 15.8. The Kier molecular flexibility index (Phi) is 16.2. The Bertz CT molecular complexity index is 864. The number of aliphatic hydroxyl groups is 1. The predicted molar refractivity (Wildman–Crippen MR) is 136 cm³/mol. The third kappa shape index (κ3) is 15.0. The molecule has 1 aliphatic carbocycles. The molecule has 1 amide bonds. The summed E-state index contributed by atoms with van der Waals surface area (Å²) < 4.78 is 9.89. The standard InChI is InChI=1S/C10H13NO2.C8H11NO.C7H7N.CH4O/c1-8(12)11-10-5-3-9(4-6-10)7-13-2;1-10-6-7-2-4-8(9)5-3-7;1-6-2-4-7(8)5-3-6;1-2/h3-6H,7H2,1-2H3,(H,11,12);2-5H,6,9H2,1H3;2-5,8H,1H2;2H,1H3. The number of nitrogen functional groups attached to an aromatic ring is 1. The fourth-order valence-corrected chi connectivity index (χ4v) is 2.34. The molecule has 0 saturated heterocycles. The smallest absolute Gasteiger partial charge is 0.221 e. The van der Waals surface area contributed by atoms with Crippen molar-refractivity contribution in [2.45, 2.75) is 20.1 Å². The summed E-state index contributed by atoms with van der Waals surface area (Å²) >= 11 is 0. The van der Waals surface area contributed by atoms with Crippen molar-refractivity contribution in [2.75, 3.05) is 32.4 Å². The van der Waals surface area contributed by atoms with Gasteiger partial charge in [0.25, 0.3) is 0 Å². The van der Waals surface area contributed by atoms with Crippen LogP contribution in [0.15, 0.2) is 85.0 Å². The number of carbonyl (C=O) groups is 1. The Balaban J connectivity index is 0.000000460. The van der Waals surface area contributed by atoms with Crippen LogP contribution in [0.3, 0.4) is 0 Å². The van der Waals surface area contributed by atoms with Crippen LogP contribution >= 0.6 is 0 Å². The number of nitrogens with one attached hydrogen (secondary N) is 2. The molecule has 0 aliphatic heterocycles. The average Bonchev–Trinajstić information content (AvgIpc) is 2.81. The van der Waals surface area contributed by atoms with E-state index in [4.69, 9.17) is 25.7 Å². The Morgan fingerprint density at radius 1 is 0.909 bits per heavy atom. The summed E-state index contributed by atoms with van der Waals surface area (Å²) in [6.45, 7) is 6.42. The van der Waals surface area contributed by atoms with Gasteiger partial charge in [0.1, 0.15) is 0 Å². The van der Waals surface area contributed by atoms with Gasteiger partial charge in [0.15, 0.2) is 0 Å². The van der Waals surface area contributed by atoms with Crippen molar-refractivity contribution < 1.29 is 19.4 Å². The fraction of sp³-hybridized carbons (Fsp3) is 0.231. The summed E-state index contributed by atoms with van der Waals surface area (Å²) in [5, 5.41) is 16.8. The number of carbonyl (C=O) groups excluding carboxylic acids is 1. The molecule has 0 aromatic heterocycles. The molecule has 7 nitrogen and oxygen atoms in total. The van der Waals surface area contributed by atoms with Crippen molar-refractivity contribution >= 4 is 23.0 Å². The van der Waals surface area contributed by atoms with E-state index in [1.807, 2.05) is 60.7 Å². The highest BCUT2D eigenvalue weighted by atomic mass is 16.5. The molecule has 3 rings (SSSR count). The zero-order chi connectivity index (χ0) is 25.1. The SMILES string of the molecule is C=C1C=CC(=N)C=C1.CO.COCc1ccc(N)cc1.COCc1ccc(NC(C)=O)cc1. The van der Waals surface area contributed by atoms with Gasteiger partial charge in [-0.3, -0.25) is 4.79 Å². The van der Waals surface area contributed by atoms with Crippen molar-refractivity contribution in [3.05, 3.63) is 96.1 Å². The first-order valence-corrected chi connectivity index (χ1v) is 10.1. The predicted octanol–water partition coefficient (Wildman–Crippen LogP) is 4.50. The zero-order valence-electron chi connectivity index (χ0n) is 19.8. The largest absolute Gasteiger partial charge is 0.400 e. The van der Waals surface area contributed by atoms with Crippen LogP contribution < -0.4 is 11.1 Å². The molecule has 178 valence electrons. The minimum absolute atomic E-state index is 0.0560. The van der Waals surface area contributed by atoms with Crippen LogP contribution in [0, 0.1) is 5.41 Å². The van der Waals surface area contributed by atoms with Gasteiger partial charge in [-0.25, -0.2) is 0 Å². The molecule has 0 spiro atoms. The van der Waals surface area contributed by atoms with Gasteiger partial charge < -0.3 is 31.0 Å². The van der Waals surface area contributed by atoms with E-state index in [0.29, 0.717) is 18.9 Å². The summed E-state index contributed by atoms with van der Waals surface area (Å²) in [4.78, 5) is 10.7. The molecule has 0 heterocycles. The van der Waals surface area contributed by atoms with E-state index in [9.17, 15) is 4.79 Å². The number of allylic oxidation sites excluding steroid dienone is 5. The molecular formula is C26H35N3O4. The molecule has 0 fully saturated rings. The summed E-state index contributed by atoms with van der Waals surface area (Å²) in [6.07, 6.45) is 7.09. The summed E-state index contributed by atoms with van der Waals surface area (Å²) in [7, 11) is 4.33. The highest BCUT2D eigenvalue weighted by Gasteiger charge is 1.95. The maximum absolute atomic E-state index is 10.7. The zero-order valence-corrected chi connectivity index (χ0v) is 19.8. The molecule has 1 aliphatic rings. The lowest BCUT2D eigenvalue weighted by molar-refractivity contribution is -0.114. The van der Waals surface area contributed by atoms with Crippen LogP contribution in [-0.2, 0) is 27.5 Å². The summed E-state index contributed by atoms with van der Waals surface area (Å²) in [5.41, 5.74) is 10.8. The molecule has 0 radical (unpaired) electrons. The van der Waals surface area contributed by atoms with Gasteiger partial charge >= 0.3 is 0 Å². The third-order valence-corrected chi connectivity index (χ3v) is 3.83. The van der Waals surface area contributed by atoms with Crippen LogP contribution in [0.25, 0.3) is 0 Å². The van der Waals surface area contributed by atoms with Crippen LogP contribution in [0.4, 0.5) is 11.4 Å². The topological polar surface area (TPSA) is 118 Å². The van der Waals surface area contributed by atoms with E-state index in [1.165, 1.54) is 6.92 Å². The number of ether oxygens (including phenoxy) is 2. The third-order valence-electron chi connectivity index (χ3n) is 3.83. The van der Waals surface area contributed by atoms with Crippen molar-refractivity contribution in [1.82, 2.24) is 0 Å². The molecule has 0 unspecified atom stereocenters. The van der Waals surface area contributed by atoms with Crippen LogP contribution in [-0.4, -0.2) is 38.1 Å². The van der Waals surface area contributed by atoms with Crippen LogP contribution in [0.1, 0.15) is 18.1 Å². The molecule has 7 heteroatoms. The molecule has 0 atom stereocenters. The summed E-state index contributed by atoms with van der Waals surface area (Å²) in [6, 6.07) is 15.2. The number of hydrogen-bond donors (Lipinski definition) is 4. The van der Waals surface area contributed by atoms with E-state index in [2.05, 4.69) is 11.9 Å². The van der Waals surface area contributed by atoms with Crippen molar-refractivity contribution in [1.29, 1.82) is 5.41 Å². The fourth-order valence-electron chi connectivity index (χ4n) is 2.34. The lowest BCUT2D eigenvalue weighted by atomic mass is 10.1. The Hall–Kier alpha value is -3.52. The lowest BCUT2D eigenvalue weighted by Crippen LogP contribution is -2.05. The molecule has 33 heavy (non-hydrogen) atoms. The molecule has 0 saturated carbocycles. The molecule has 2 aromatic carbocycles. The lowest BCUT2D eigenvalue weighted by Gasteiger charge is -2.03. The molecular weight excluding hydrogens is 418 g/mol. The summed E-state index contributed by atoms with van der Waals surface area (Å²) in [5.74, 6) is -0.0560. The molecule has 5 N–H and O–H groups in total. The number of hydrogen-bond acceptors (Lipinski definition) is 6. The highest BCUT2D eigenvalue weighted by Crippen LogP contribution is 2.09. The van der Waals surface area contributed by atoms with Crippen molar-refractivity contribution in [3.63, 3.8) is 0 Å². The monoisotopic (exact) mass is 453 g/mol. The van der Waals surface area contributed by atoms with Crippen LogP contribution in [0.2, 0.25) is 0 Å². The van der Waals surface area contributed by atoms with Gasteiger partial charge in [-0.1, -0.05) is 43.0 Å². The van der Waals surface area contributed by atoms with E-state index in [1.54, 1.807) is 26.4 Å². The number of benzene rings is 2. The number of rotatable bonds is 5. The minimum Gasteiger partial charge on any atom is -0.400 e. The number of nitrogens with two attached hydrogens (primary N) is 1. The van der Waals surface area contributed by atoms with Crippen molar-refractivity contribution in [2.24, 2.45) is 0 Å². The highest BCUT2D eigenvalue weighted by molar-refractivity contribution is 6.03. The normalized spacial score (nSPS) is 11.2. The van der Waals surface area contributed by atoms with Gasteiger partial charge in [0.05, 0.1) is 18.9 Å². The van der Waals surface area contributed by atoms with E-state index in [0.717, 1.165) is 35.2 Å². The maximum atomic E-state index is 10.7. The number of aliphatic hydroxyl groups excluding tert-OH is 1. The van der Waals surface area contributed by atoms with Gasteiger partial charge in [0, 0.05) is 39.6 Å². The Labute approximate surface area is 196 Å². The first-order valence-electron chi connectivity index (χ1n) is 10.1. The Morgan fingerprint density at radius 2 is 1.33 bits per heavy atom. The van der Waals surface area contributed by atoms with E-state index in [-0.39, 0.29) is 5.91 Å². The first kappa shape index (κ1) is 29.5. The second-order valence-corrected chi connectivity index (χ2v) is 6.68. The van der Waals surface area contributed by atoms with Crippen LogP contribution in [0.5, 0.6) is 0 Å². The number of anilines is 2. The van der Waals surface area contributed by atoms with E-state index >= 15 is 0 Å². The maximum Gasteiger partial charge on any atom is 0.221 e. The van der Waals surface area contributed by atoms with Gasteiger partial charge in [-0.05, 0) is 53.1 Å². The molecule has 2 aromatic rings. The van der Waals surface area contributed by atoms with E-state index < -0.39 is 0 Å². The Morgan fingerprint density at radius 3 is 1.70 bits per heavy atom. The van der Waals surface area contributed by atoms with Gasteiger partial charge in [0.2, 0.25) is 5.91 Å². The second kappa shape index (κ2) is 18.1. The van der Waals surface area contributed by atoms with Gasteiger partial charge in [-0.15, -0.1) is 0 Å². The quantitative estimate of drug-likeness (QED) is 0.497. The second-order valence-electron chi connectivity index (χ2n) is 6.68.